The molecule has 4 aromatic rings. The van der Waals surface area contributed by atoms with Gasteiger partial charge in [-0.1, -0.05) is 6.07 Å². The Hall–Kier alpha value is -6.26. The molecule has 0 saturated heterocycles. The topological polar surface area (TPSA) is 251 Å². The number of aromatic carboxylic acids is 1. The van der Waals surface area contributed by atoms with Crippen LogP contribution in [0.5, 0.6) is 11.5 Å². The summed E-state index contributed by atoms with van der Waals surface area (Å²) in [4.78, 5) is 63.3. The zero-order chi connectivity index (χ0) is 33.5. The summed E-state index contributed by atoms with van der Waals surface area (Å²) in [5.41, 5.74) is 0.999. The Bertz CT molecular complexity index is 1760. The molecule has 0 unspecified atom stereocenters. The van der Waals surface area contributed by atoms with E-state index in [4.69, 9.17) is 18.3 Å². The Morgan fingerprint density at radius 1 is 0.761 bits per heavy atom. The van der Waals surface area contributed by atoms with Crippen molar-refractivity contribution in [2.75, 3.05) is 49.2 Å². The Morgan fingerprint density at radius 3 is 1.83 bits per heavy atom. The highest BCUT2D eigenvalue weighted by Crippen LogP contribution is 2.39. The molecule has 0 amide bonds. The fourth-order valence-corrected chi connectivity index (χ4v) is 4.48. The van der Waals surface area contributed by atoms with E-state index >= 15 is 0 Å². The standard InChI is InChI=1S/C29H27N3O14/c1-15-2-3-18(31(10-23(33)34)11-24(35)36)20(6-15)43-4-5-44-21-7-16-14-45-27(28-30-9-22(46-28)29(41)42)17(16)8-19(21)32(12-25(37)38)13-26(39)40/h2-3,6-9,14H,4-5,10-13H2,1H3,(H,33,34)(H,35,36)(H,37,38)(H,39,40)(H,41,42). The number of ether oxygens (including phenoxy) is 2. The van der Waals surface area contributed by atoms with Gasteiger partial charge in [0.25, 0.3) is 5.89 Å². The molecule has 0 radical (unpaired) electrons. The maximum atomic E-state index is 11.6. The van der Waals surface area contributed by atoms with Gasteiger partial charge in [-0.05, 0) is 36.8 Å². The van der Waals surface area contributed by atoms with E-state index in [0.29, 0.717) is 10.8 Å². The molecular formula is C29H27N3O14. The van der Waals surface area contributed by atoms with Crippen molar-refractivity contribution in [1.82, 2.24) is 4.98 Å². The summed E-state index contributed by atoms with van der Waals surface area (Å²) >= 11 is 0. The third-order valence-corrected chi connectivity index (χ3v) is 6.29. The summed E-state index contributed by atoms with van der Waals surface area (Å²) in [5, 5.41) is 47.4. The van der Waals surface area contributed by atoms with Gasteiger partial charge in [-0.2, -0.15) is 0 Å². The fraction of sp³-hybridized carbons (Fsp3) is 0.241. The van der Waals surface area contributed by atoms with Crippen LogP contribution < -0.4 is 19.3 Å². The lowest BCUT2D eigenvalue weighted by Crippen LogP contribution is -2.35. The average Bonchev–Trinajstić information content (AvgIpc) is 3.60. The van der Waals surface area contributed by atoms with Gasteiger partial charge in [-0.3, -0.25) is 19.2 Å². The van der Waals surface area contributed by atoms with Crippen LogP contribution in [0.4, 0.5) is 11.4 Å². The van der Waals surface area contributed by atoms with Crippen LogP contribution in [0.25, 0.3) is 22.4 Å². The molecule has 2 aromatic heterocycles. The van der Waals surface area contributed by atoms with Crippen molar-refractivity contribution in [3.63, 3.8) is 0 Å². The van der Waals surface area contributed by atoms with E-state index in [-0.39, 0.29) is 47.7 Å². The lowest BCUT2D eigenvalue weighted by atomic mass is 10.1. The normalized spacial score (nSPS) is 10.8. The maximum Gasteiger partial charge on any atom is 0.373 e. The number of oxazole rings is 1. The fourth-order valence-electron chi connectivity index (χ4n) is 4.48. The summed E-state index contributed by atoms with van der Waals surface area (Å²) in [6.07, 6.45) is 2.27. The van der Waals surface area contributed by atoms with Crippen LogP contribution in [0, 0.1) is 6.92 Å². The van der Waals surface area contributed by atoms with Gasteiger partial charge in [0, 0.05) is 10.8 Å². The van der Waals surface area contributed by atoms with E-state index in [9.17, 15) is 49.5 Å². The van der Waals surface area contributed by atoms with Crippen LogP contribution in [-0.4, -0.2) is 99.8 Å². The highest BCUT2D eigenvalue weighted by molar-refractivity contribution is 5.98. The number of fused-ring (bicyclic) bond motifs is 1. The Labute approximate surface area is 258 Å². The van der Waals surface area contributed by atoms with E-state index in [1.165, 1.54) is 24.5 Å². The van der Waals surface area contributed by atoms with Crippen LogP contribution in [0.1, 0.15) is 16.1 Å². The molecule has 242 valence electrons. The van der Waals surface area contributed by atoms with E-state index in [1.807, 2.05) is 0 Å². The molecule has 0 saturated carbocycles. The van der Waals surface area contributed by atoms with Gasteiger partial charge in [-0.15, -0.1) is 0 Å². The lowest BCUT2D eigenvalue weighted by molar-refractivity contribution is -0.138. The zero-order valence-electron chi connectivity index (χ0n) is 24.0. The number of aromatic nitrogens is 1. The summed E-state index contributed by atoms with van der Waals surface area (Å²) in [6.45, 7) is -1.23. The van der Waals surface area contributed by atoms with Crippen molar-refractivity contribution in [1.29, 1.82) is 0 Å². The van der Waals surface area contributed by atoms with Crippen LogP contribution in [0.3, 0.4) is 0 Å². The SMILES string of the molecule is Cc1ccc(N(CC(=O)O)CC(=O)O)c(OCCOc2cc3coc(-c4ncc(C(=O)O)o4)c3cc2N(CC(=O)O)CC(=O)O)c1. The number of carboxylic acid groups (broad SMARTS) is 5. The molecule has 2 heterocycles. The van der Waals surface area contributed by atoms with Gasteiger partial charge in [0.15, 0.2) is 5.76 Å². The largest absolute Gasteiger partial charge is 0.488 e. The second kappa shape index (κ2) is 14.0. The summed E-state index contributed by atoms with van der Waals surface area (Å²) in [5.74, 6) is -6.93. The summed E-state index contributed by atoms with van der Waals surface area (Å²) < 4.78 is 22.5. The van der Waals surface area contributed by atoms with Crippen molar-refractivity contribution >= 4 is 52.0 Å². The molecule has 0 atom stereocenters. The first-order valence-electron chi connectivity index (χ1n) is 13.3. The summed E-state index contributed by atoms with van der Waals surface area (Å²) in [6, 6.07) is 7.64. The molecule has 0 aliphatic heterocycles. The Morgan fingerprint density at radius 2 is 1.30 bits per heavy atom. The van der Waals surface area contributed by atoms with Gasteiger partial charge in [0.2, 0.25) is 5.76 Å². The minimum absolute atomic E-state index is 0.00323. The number of nitrogens with zero attached hydrogens (tertiary/aromatic N) is 3. The second-order valence-corrected chi connectivity index (χ2v) is 9.76. The van der Waals surface area contributed by atoms with E-state index in [2.05, 4.69) is 4.98 Å². The monoisotopic (exact) mass is 641 g/mol. The number of carbonyl (C=O) groups is 5. The van der Waals surface area contributed by atoms with Crippen LogP contribution in [-0.2, 0) is 19.2 Å². The van der Waals surface area contributed by atoms with Crippen molar-refractivity contribution in [2.24, 2.45) is 0 Å². The number of anilines is 2. The number of rotatable bonds is 17. The van der Waals surface area contributed by atoms with Crippen molar-refractivity contribution in [3.05, 3.63) is 54.1 Å². The smallest absolute Gasteiger partial charge is 0.373 e. The Kier molecular flexibility index (Phi) is 9.95. The van der Waals surface area contributed by atoms with E-state index < -0.39 is 61.8 Å². The summed E-state index contributed by atoms with van der Waals surface area (Å²) in [7, 11) is 0. The molecule has 17 heteroatoms. The van der Waals surface area contributed by atoms with Crippen LogP contribution in [0.2, 0.25) is 0 Å². The van der Waals surface area contributed by atoms with Gasteiger partial charge < -0.3 is 53.6 Å². The van der Waals surface area contributed by atoms with Crippen molar-refractivity contribution < 1.29 is 67.8 Å². The number of carboxylic acids is 5. The molecule has 46 heavy (non-hydrogen) atoms. The zero-order valence-corrected chi connectivity index (χ0v) is 24.0. The van der Waals surface area contributed by atoms with Gasteiger partial charge >= 0.3 is 29.8 Å². The van der Waals surface area contributed by atoms with Gasteiger partial charge in [0.1, 0.15) is 50.9 Å². The maximum absolute atomic E-state index is 11.6. The first kappa shape index (κ1) is 32.6. The Balaban J connectivity index is 1.64. The van der Waals surface area contributed by atoms with Crippen LogP contribution in [0.15, 0.2) is 51.6 Å². The molecule has 4 rings (SSSR count). The molecular weight excluding hydrogens is 614 g/mol. The predicted octanol–water partition coefficient (Wildman–Crippen LogP) is 2.50. The third-order valence-electron chi connectivity index (χ3n) is 6.29. The van der Waals surface area contributed by atoms with Crippen LogP contribution >= 0.6 is 0 Å². The quantitative estimate of drug-likeness (QED) is 0.104. The van der Waals surface area contributed by atoms with E-state index in [0.717, 1.165) is 21.6 Å². The molecule has 0 fully saturated rings. The van der Waals surface area contributed by atoms with E-state index in [1.54, 1.807) is 19.1 Å². The molecule has 0 aliphatic carbocycles. The molecule has 5 N–H and O–H groups in total. The molecule has 0 bridgehead atoms. The number of aliphatic carboxylic acids is 4. The molecule has 2 aromatic carbocycles. The average molecular weight is 642 g/mol. The lowest BCUT2D eigenvalue weighted by Gasteiger charge is -2.25. The molecule has 0 aliphatic rings. The number of furan rings is 1. The number of benzene rings is 2. The first-order chi connectivity index (χ1) is 21.8. The number of aryl methyl sites for hydroxylation is 1. The van der Waals surface area contributed by atoms with Crippen molar-refractivity contribution in [2.45, 2.75) is 6.92 Å². The second-order valence-electron chi connectivity index (χ2n) is 9.76. The number of hydrogen-bond acceptors (Lipinski definition) is 12. The number of hydrogen-bond donors (Lipinski definition) is 5. The van der Waals surface area contributed by atoms with Gasteiger partial charge in [0.05, 0.1) is 23.8 Å². The predicted molar refractivity (Wildman–Crippen MR) is 156 cm³/mol. The van der Waals surface area contributed by atoms with Gasteiger partial charge in [-0.25, -0.2) is 9.78 Å². The molecule has 17 nitrogen and oxygen atoms in total. The highest BCUT2D eigenvalue weighted by atomic mass is 16.5. The minimum Gasteiger partial charge on any atom is -0.488 e. The molecule has 0 spiro atoms. The minimum atomic E-state index is -1.36. The first-order valence-corrected chi connectivity index (χ1v) is 13.3. The third kappa shape index (κ3) is 8.01. The van der Waals surface area contributed by atoms with Crippen molar-refractivity contribution in [3.8, 4) is 23.1 Å². The highest BCUT2D eigenvalue weighted by Gasteiger charge is 2.24.